The molecule has 0 rings (SSSR count). The second-order valence-electron chi connectivity index (χ2n) is 2.84. The fraction of sp³-hybridized carbons (Fsp3) is 0.625. The van der Waals surface area contributed by atoms with E-state index in [9.17, 15) is 4.79 Å². The lowest BCUT2D eigenvalue weighted by Crippen LogP contribution is -2.41. The zero-order chi connectivity index (χ0) is 8.91. The van der Waals surface area contributed by atoms with Gasteiger partial charge in [0.15, 0.2) is 0 Å². The number of amides is 1. The number of allylic oxidation sites excluding steroid dienone is 1. The van der Waals surface area contributed by atoms with Crippen LogP contribution < -0.4 is 5.32 Å². The van der Waals surface area contributed by atoms with Crippen LogP contribution in [0.5, 0.6) is 0 Å². The van der Waals surface area contributed by atoms with Crippen molar-refractivity contribution in [3.8, 4) is 0 Å². The van der Waals surface area contributed by atoms with Gasteiger partial charge in [-0.1, -0.05) is 12.2 Å². The molecule has 0 heterocycles. The van der Waals surface area contributed by atoms with Gasteiger partial charge >= 0.3 is 6.09 Å². The highest BCUT2D eigenvalue weighted by molar-refractivity contribution is 5.68. The van der Waals surface area contributed by atoms with E-state index in [-0.39, 0.29) is 5.54 Å². The Morgan fingerprint density at radius 1 is 1.55 bits per heavy atom. The van der Waals surface area contributed by atoms with E-state index in [1.54, 1.807) is 0 Å². The highest BCUT2D eigenvalue weighted by Gasteiger charge is 2.15. The third kappa shape index (κ3) is 4.42. The first-order chi connectivity index (χ1) is 5.02. The van der Waals surface area contributed by atoms with E-state index in [1.165, 1.54) is 7.11 Å². The Morgan fingerprint density at radius 2 is 2.09 bits per heavy atom. The Morgan fingerprint density at radius 3 is 2.45 bits per heavy atom. The number of hydrogen-bond donors (Lipinski definition) is 1. The summed E-state index contributed by atoms with van der Waals surface area (Å²) in [6.45, 7) is 5.69. The molecular weight excluding hydrogens is 142 g/mol. The summed E-state index contributed by atoms with van der Waals surface area (Å²) in [5, 5.41) is 2.66. The van der Waals surface area contributed by atoms with Crippen molar-refractivity contribution in [2.75, 3.05) is 7.11 Å². The molecule has 0 bridgehead atoms. The molecule has 0 aliphatic heterocycles. The predicted octanol–water partition coefficient (Wildman–Crippen LogP) is 1.70. The number of ether oxygens (including phenoxy) is 1. The van der Waals surface area contributed by atoms with E-state index in [4.69, 9.17) is 0 Å². The topological polar surface area (TPSA) is 38.3 Å². The van der Waals surface area contributed by atoms with Crippen molar-refractivity contribution in [1.29, 1.82) is 0 Å². The normalized spacial score (nSPS) is 11.6. The van der Waals surface area contributed by atoms with Crippen LogP contribution >= 0.6 is 0 Å². The largest absolute Gasteiger partial charge is 0.453 e. The molecule has 0 saturated heterocycles. The smallest absolute Gasteiger partial charge is 0.407 e. The number of nitrogens with one attached hydrogen (secondary N) is 1. The molecule has 0 fully saturated rings. The summed E-state index contributed by atoms with van der Waals surface area (Å²) in [6.07, 6.45) is 3.37. The van der Waals surface area contributed by atoms with Gasteiger partial charge in [0, 0.05) is 0 Å². The minimum atomic E-state index is -0.409. The molecule has 1 N–H and O–H groups in total. The van der Waals surface area contributed by atoms with Crippen LogP contribution in [0.1, 0.15) is 20.8 Å². The van der Waals surface area contributed by atoms with Gasteiger partial charge in [-0.25, -0.2) is 4.79 Å². The van der Waals surface area contributed by atoms with Crippen molar-refractivity contribution in [2.45, 2.75) is 26.3 Å². The van der Waals surface area contributed by atoms with Gasteiger partial charge in [0.2, 0.25) is 0 Å². The molecule has 0 atom stereocenters. The zero-order valence-corrected chi connectivity index (χ0v) is 7.47. The Bertz CT molecular complexity index is 161. The van der Waals surface area contributed by atoms with Crippen LogP contribution in [0.15, 0.2) is 12.2 Å². The van der Waals surface area contributed by atoms with Crippen LogP contribution in [0, 0.1) is 0 Å². The molecule has 0 aliphatic rings. The molecule has 0 aliphatic carbocycles. The first kappa shape index (κ1) is 10.0. The Hall–Kier alpha value is -0.990. The molecule has 3 nitrogen and oxygen atoms in total. The first-order valence-corrected chi connectivity index (χ1v) is 3.52. The molecule has 0 radical (unpaired) electrons. The van der Waals surface area contributed by atoms with Gasteiger partial charge in [-0.15, -0.1) is 0 Å². The Balaban J connectivity index is 4.01. The van der Waals surface area contributed by atoms with Gasteiger partial charge in [0.05, 0.1) is 12.6 Å². The Kier molecular flexibility index (Phi) is 3.65. The predicted molar refractivity (Wildman–Crippen MR) is 44.4 cm³/mol. The maximum atomic E-state index is 10.7. The summed E-state index contributed by atoms with van der Waals surface area (Å²) in [7, 11) is 1.35. The minimum Gasteiger partial charge on any atom is -0.453 e. The summed E-state index contributed by atoms with van der Waals surface area (Å²) in [4.78, 5) is 10.7. The van der Waals surface area contributed by atoms with Crippen LogP contribution in [-0.4, -0.2) is 18.7 Å². The van der Waals surface area contributed by atoms with Gasteiger partial charge in [-0.3, -0.25) is 0 Å². The highest BCUT2D eigenvalue weighted by Crippen LogP contribution is 2.03. The monoisotopic (exact) mass is 157 g/mol. The van der Waals surface area contributed by atoms with E-state index < -0.39 is 6.09 Å². The molecule has 0 unspecified atom stereocenters. The van der Waals surface area contributed by atoms with Crippen molar-refractivity contribution < 1.29 is 9.53 Å². The number of alkyl carbamates (subject to hydrolysis) is 1. The van der Waals surface area contributed by atoms with Gasteiger partial charge in [0.1, 0.15) is 0 Å². The maximum Gasteiger partial charge on any atom is 0.407 e. The molecule has 0 aromatic carbocycles. The van der Waals surface area contributed by atoms with Crippen LogP contribution in [0.4, 0.5) is 4.79 Å². The summed E-state index contributed by atoms with van der Waals surface area (Å²) >= 11 is 0. The van der Waals surface area contributed by atoms with Crippen molar-refractivity contribution in [1.82, 2.24) is 5.32 Å². The number of methoxy groups -OCH3 is 1. The van der Waals surface area contributed by atoms with Crippen molar-refractivity contribution >= 4 is 6.09 Å². The van der Waals surface area contributed by atoms with Gasteiger partial charge < -0.3 is 10.1 Å². The standard InChI is InChI=1S/C8H15NO2/c1-5-6-8(2,3)9-7(10)11-4/h5-6H,1-4H3,(H,9,10)/b6-5+. The van der Waals surface area contributed by atoms with Crippen LogP contribution in [0.3, 0.4) is 0 Å². The minimum absolute atomic E-state index is 0.332. The molecule has 0 saturated carbocycles. The third-order valence-corrected chi connectivity index (χ3v) is 1.19. The number of carbonyl (C=O) groups excluding carboxylic acids is 1. The van der Waals surface area contributed by atoms with Gasteiger partial charge in [-0.2, -0.15) is 0 Å². The average Bonchev–Trinajstić information content (AvgIpc) is 1.86. The van der Waals surface area contributed by atoms with E-state index in [0.717, 1.165) is 0 Å². The fourth-order valence-corrected chi connectivity index (χ4v) is 0.772. The lowest BCUT2D eigenvalue weighted by molar-refractivity contribution is 0.164. The molecular formula is C8H15NO2. The summed E-state index contributed by atoms with van der Waals surface area (Å²) in [5.41, 5.74) is -0.332. The molecule has 64 valence electrons. The van der Waals surface area contributed by atoms with Crippen molar-refractivity contribution in [3.63, 3.8) is 0 Å². The molecule has 11 heavy (non-hydrogen) atoms. The lowest BCUT2D eigenvalue weighted by Gasteiger charge is -2.20. The molecule has 0 aromatic heterocycles. The lowest BCUT2D eigenvalue weighted by atomic mass is 10.1. The third-order valence-electron chi connectivity index (χ3n) is 1.19. The summed E-state index contributed by atoms with van der Waals surface area (Å²) < 4.78 is 4.45. The quantitative estimate of drug-likeness (QED) is 0.619. The Labute approximate surface area is 67.4 Å². The second kappa shape index (κ2) is 4.01. The number of rotatable bonds is 2. The number of carbonyl (C=O) groups is 1. The SMILES string of the molecule is C/C=C/C(C)(C)NC(=O)OC. The molecule has 0 spiro atoms. The first-order valence-electron chi connectivity index (χ1n) is 3.52. The van der Waals surface area contributed by atoms with E-state index >= 15 is 0 Å². The second-order valence-corrected chi connectivity index (χ2v) is 2.84. The molecule has 3 heteroatoms. The van der Waals surface area contributed by atoms with Gasteiger partial charge in [-0.05, 0) is 20.8 Å². The zero-order valence-electron chi connectivity index (χ0n) is 7.47. The fourth-order valence-electron chi connectivity index (χ4n) is 0.772. The van der Waals surface area contributed by atoms with Crippen LogP contribution in [0.25, 0.3) is 0 Å². The summed E-state index contributed by atoms with van der Waals surface area (Å²) in [5.74, 6) is 0. The maximum absolute atomic E-state index is 10.7. The van der Waals surface area contributed by atoms with E-state index in [2.05, 4.69) is 10.1 Å². The van der Waals surface area contributed by atoms with Crippen molar-refractivity contribution in [3.05, 3.63) is 12.2 Å². The average molecular weight is 157 g/mol. The van der Waals surface area contributed by atoms with Crippen LogP contribution in [-0.2, 0) is 4.74 Å². The number of hydrogen-bond acceptors (Lipinski definition) is 2. The van der Waals surface area contributed by atoms with Crippen LogP contribution in [0.2, 0.25) is 0 Å². The molecule has 0 aromatic rings. The van der Waals surface area contributed by atoms with Gasteiger partial charge in [0.25, 0.3) is 0 Å². The highest BCUT2D eigenvalue weighted by atomic mass is 16.5. The molecule has 1 amide bonds. The van der Waals surface area contributed by atoms with Crippen molar-refractivity contribution in [2.24, 2.45) is 0 Å². The van der Waals surface area contributed by atoms with E-state index in [0.29, 0.717) is 0 Å². The van der Waals surface area contributed by atoms with E-state index in [1.807, 2.05) is 32.9 Å². The summed E-state index contributed by atoms with van der Waals surface area (Å²) in [6, 6.07) is 0.